The van der Waals surface area contributed by atoms with E-state index in [9.17, 15) is 13.2 Å². The van der Waals surface area contributed by atoms with Crippen molar-refractivity contribution in [2.24, 2.45) is 14.1 Å². The zero-order chi connectivity index (χ0) is 13.0. The lowest BCUT2D eigenvalue weighted by atomic mass is 10.2. The van der Waals surface area contributed by atoms with E-state index in [1.165, 1.54) is 15.2 Å². The molecule has 0 aliphatic carbocycles. The molecule has 17 heavy (non-hydrogen) atoms. The van der Waals surface area contributed by atoms with Crippen molar-refractivity contribution in [2.75, 3.05) is 0 Å². The summed E-state index contributed by atoms with van der Waals surface area (Å²) in [6.45, 7) is 1.57. The van der Waals surface area contributed by atoms with Crippen LogP contribution < -0.4 is 5.69 Å². The first-order valence-electron chi connectivity index (χ1n) is 4.87. The molecule has 0 unspecified atom stereocenters. The highest BCUT2D eigenvalue weighted by Gasteiger charge is 2.17. The van der Waals surface area contributed by atoms with Crippen LogP contribution in [0.3, 0.4) is 0 Å². The molecule has 0 saturated heterocycles. The summed E-state index contributed by atoms with van der Waals surface area (Å²) in [4.78, 5) is 11.5. The Morgan fingerprint density at radius 2 is 1.59 bits per heavy atom. The van der Waals surface area contributed by atoms with Gasteiger partial charge in [-0.05, 0) is 24.6 Å². The molecule has 0 aliphatic rings. The second-order valence-corrected chi connectivity index (χ2v) is 5.37. The maximum Gasteiger partial charge on any atom is 0.328 e. The smallest absolute Gasteiger partial charge is 0.295 e. The lowest BCUT2D eigenvalue weighted by molar-refractivity contribution is 0.482. The Morgan fingerprint density at radius 3 is 2.06 bits per heavy atom. The quantitative estimate of drug-likeness (QED) is 0.750. The molecular formula is C10H12N2O4S. The zero-order valence-electron chi connectivity index (χ0n) is 9.63. The minimum atomic E-state index is -4.27. The Kier molecular flexibility index (Phi) is 2.41. The molecular weight excluding hydrogens is 244 g/mol. The summed E-state index contributed by atoms with van der Waals surface area (Å²) in [5.74, 6) is 0. The number of fused-ring (bicyclic) bond motifs is 1. The average Bonchev–Trinajstić information content (AvgIpc) is 2.41. The molecule has 92 valence electrons. The number of hydrogen-bond donors (Lipinski definition) is 1. The third-order valence-electron chi connectivity index (χ3n) is 2.85. The Hall–Kier alpha value is -1.60. The first-order chi connectivity index (χ1) is 7.73. The first-order valence-corrected chi connectivity index (χ1v) is 6.31. The molecule has 1 aromatic heterocycles. The fourth-order valence-electron chi connectivity index (χ4n) is 1.91. The molecule has 0 radical (unpaired) electrons. The minimum Gasteiger partial charge on any atom is -0.295 e. The number of nitrogens with zero attached hydrogens (tertiary/aromatic N) is 2. The Balaban J connectivity index is 3.01. The van der Waals surface area contributed by atoms with Gasteiger partial charge >= 0.3 is 5.69 Å². The van der Waals surface area contributed by atoms with Crippen molar-refractivity contribution >= 4 is 21.2 Å². The summed E-state index contributed by atoms with van der Waals surface area (Å²) in [5, 5.41) is 0. The molecule has 0 fully saturated rings. The topological polar surface area (TPSA) is 81.3 Å². The van der Waals surface area contributed by atoms with E-state index in [1.807, 2.05) is 0 Å². The fourth-order valence-corrected chi connectivity index (χ4v) is 2.63. The Labute approximate surface area is 97.8 Å². The monoisotopic (exact) mass is 256 g/mol. The highest BCUT2D eigenvalue weighted by molar-refractivity contribution is 7.85. The van der Waals surface area contributed by atoms with Gasteiger partial charge in [0.2, 0.25) is 0 Å². The van der Waals surface area contributed by atoms with Crippen molar-refractivity contribution in [3.05, 3.63) is 28.2 Å². The number of benzene rings is 1. The largest absolute Gasteiger partial charge is 0.328 e. The van der Waals surface area contributed by atoms with Gasteiger partial charge in [0.25, 0.3) is 10.1 Å². The lowest BCUT2D eigenvalue weighted by Crippen LogP contribution is -2.19. The van der Waals surface area contributed by atoms with Gasteiger partial charge in [-0.2, -0.15) is 8.42 Å². The molecule has 1 N–H and O–H groups in total. The summed E-state index contributed by atoms with van der Waals surface area (Å²) >= 11 is 0. The van der Waals surface area contributed by atoms with Crippen molar-refractivity contribution in [2.45, 2.75) is 11.8 Å². The van der Waals surface area contributed by atoms with Crippen LogP contribution in [0.25, 0.3) is 11.0 Å². The molecule has 1 heterocycles. The highest BCUT2D eigenvalue weighted by atomic mass is 32.2. The van der Waals surface area contributed by atoms with E-state index in [0.717, 1.165) is 0 Å². The average molecular weight is 256 g/mol. The van der Waals surface area contributed by atoms with Gasteiger partial charge in [-0.15, -0.1) is 0 Å². The summed E-state index contributed by atoms with van der Waals surface area (Å²) in [6, 6.07) is 2.88. The summed E-state index contributed by atoms with van der Waals surface area (Å²) in [7, 11) is -1.11. The van der Waals surface area contributed by atoms with Crippen LogP contribution >= 0.6 is 0 Å². The van der Waals surface area contributed by atoms with Crippen LogP contribution in [-0.2, 0) is 24.2 Å². The first kappa shape index (κ1) is 11.9. The number of imidazole rings is 1. The van der Waals surface area contributed by atoms with Gasteiger partial charge in [0.05, 0.1) is 15.9 Å². The molecule has 6 nitrogen and oxygen atoms in total. The normalized spacial score (nSPS) is 12.2. The van der Waals surface area contributed by atoms with E-state index < -0.39 is 10.1 Å². The molecule has 0 aliphatic heterocycles. The second-order valence-electron chi connectivity index (χ2n) is 3.98. The van der Waals surface area contributed by atoms with Crippen molar-refractivity contribution < 1.29 is 13.0 Å². The van der Waals surface area contributed by atoms with Crippen LogP contribution in [0.5, 0.6) is 0 Å². The van der Waals surface area contributed by atoms with Crippen LogP contribution in [0.15, 0.2) is 21.8 Å². The van der Waals surface area contributed by atoms with E-state index in [-0.39, 0.29) is 10.6 Å². The maximum atomic E-state index is 11.7. The SMILES string of the molecule is Cc1cc2c(cc1S(=O)(=O)O)n(C)c(=O)n2C. The lowest BCUT2D eigenvalue weighted by Gasteiger charge is -2.03. The Morgan fingerprint density at radius 1 is 1.12 bits per heavy atom. The third kappa shape index (κ3) is 1.67. The van der Waals surface area contributed by atoms with Crippen molar-refractivity contribution in [3.63, 3.8) is 0 Å². The predicted molar refractivity (Wildman–Crippen MR) is 62.7 cm³/mol. The van der Waals surface area contributed by atoms with Gasteiger partial charge < -0.3 is 0 Å². The Bertz CT molecular complexity index is 768. The molecule has 7 heteroatoms. The number of hydrogen-bond acceptors (Lipinski definition) is 3. The molecule has 0 atom stereocenters. The van der Waals surface area contributed by atoms with Gasteiger partial charge in [-0.1, -0.05) is 0 Å². The van der Waals surface area contributed by atoms with Crippen molar-refractivity contribution in [1.82, 2.24) is 9.13 Å². The molecule has 0 saturated carbocycles. The van der Waals surface area contributed by atoms with E-state index in [1.54, 1.807) is 27.1 Å². The van der Waals surface area contributed by atoms with Crippen molar-refractivity contribution in [3.8, 4) is 0 Å². The molecule has 0 spiro atoms. The maximum absolute atomic E-state index is 11.7. The van der Waals surface area contributed by atoms with Gasteiger partial charge in [-0.25, -0.2) is 4.79 Å². The van der Waals surface area contributed by atoms with Crippen LogP contribution in [0, 0.1) is 6.92 Å². The van der Waals surface area contributed by atoms with E-state index in [4.69, 9.17) is 4.55 Å². The van der Waals surface area contributed by atoms with Crippen LogP contribution in [-0.4, -0.2) is 22.1 Å². The van der Waals surface area contributed by atoms with Crippen molar-refractivity contribution in [1.29, 1.82) is 0 Å². The number of rotatable bonds is 1. The fraction of sp³-hybridized carbons (Fsp3) is 0.300. The summed E-state index contributed by atoms with van der Waals surface area (Å²) in [5.41, 5.74) is 1.26. The molecule has 2 aromatic rings. The highest BCUT2D eigenvalue weighted by Crippen LogP contribution is 2.21. The van der Waals surface area contributed by atoms with Crippen LogP contribution in [0.1, 0.15) is 5.56 Å². The number of aryl methyl sites for hydroxylation is 3. The molecule has 2 rings (SSSR count). The second kappa shape index (κ2) is 3.44. The zero-order valence-corrected chi connectivity index (χ0v) is 10.4. The minimum absolute atomic E-state index is 0.175. The molecule has 1 aromatic carbocycles. The number of aromatic nitrogens is 2. The van der Waals surface area contributed by atoms with Crippen LogP contribution in [0.4, 0.5) is 0 Å². The van der Waals surface area contributed by atoms with E-state index in [2.05, 4.69) is 0 Å². The van der Waals surface area contributed by atoms with Gasteiger partial charge in [0, 0.05) is 14.1 Å². The summed E-state index contributed by atoms with van der Waals surface area (Å²) in [6.07, 6.45) is 0. The molecule has 0 bridgehead atoms. The van der Waals surface area contributed by atoms with Gasteiger partial charge in [-0.3, -0.25) is 13.7 Å². The van der Waals surface area contributed by atoms with E-state index in [0.29, 0.717) is 16.6 Å². The molecule has 0 amide bonds. The van der Waals surface area contributed by atoms with Gasteiger partial charge in [0.15, 0.2) is 0 Å². The predicted octanol–water partition coefficient (Wildman–Crippen LogP) is 0.432. The standard InChI is InChI=1S/C10H12N2O4S/c1-6-4-7-8(5-9(6)17(14,15)16)12(3)10(13)11(7)2/h4-5H,1-3H3,(H,14,15,16). The van der Waals surface area contributed by atoms with Crippen LogP contribution in [0.2, 0.25) is 0 Å². The van der Waals surface area contributed by atoms with Gasteiger partial charge in [0.1, 0.15) is 0 Å². The van der Waals surface area contributed by atoms with E-state index >= 15 is 0 Å². The summed E-state index contributed by atoms with van der Waals surface area (Å²) < 4.78 is 34.2. The third-order valence-corrected chi connectivity index (χ3v) is 3.84.